The molecule has 0 aliphatic carbocycles. The number of para-hydroxylation sites is 1. The maximum Gasteiger partial charge on any atom is 0.261 e. The van der Waals surface area contributed by atoms with E-state index in [0.29, 0.717) is 29.3 Å². The number of methoxy groups -OCH3 is 1. The van der Waals surface area contributed by atoms with E-state index in [0.717, 1.165) is 11.3 Å². The highest BCUT2D eigenvalue weighted by Gasteiger charge is 2.29. The quantitative estimate of drug-likeness (QED) is 0.713. The zero-order valence-electron chi connectivity index (χ0n) is 15.5. The average molecular weight is 363 g/mol. The number of aromatic nitrogens is 2. The molecule has 0 unspecified atom stereocenters. The van der Waals surface area contributed by atoms with Crippen molar-refractivity contribution >= 4 is 11.6 Å². The number of hydrogen-bond acceptors (Lipinski definition) is 4. The lowest BCUT2D eigenvalue weighted by atomic mass is 10.1. The number of fused-ring (bicyclic) bond motifs is 1. The molecule has 6 nitrogen and oxygen atoms in total. The predicted molar refractivity (Wildman–Crippen MR) is 103 cm³/mol. The van der Waals surface area contributed by atoms with Crippen LogP contribution in [0.4, 0.5) is 5.69 Å². The molecule has 1 aliphatic rings. The topological polar surface area (TPSA) is 56.6 Å². The third kappa shape index (κ3) is 3.14. The van der Waals surface area contributed by atoms with E-state index in [1.807, 2.05) is 56.3 Å². The summed E-state index contributed by atoms with van der Waals surface area (Å²) in [5.74, 6) is 1.24. The highest BCUT2D eigenvalue weighted by Crippen LogP contribution is 2.37. The fraction of sp³-hybridized carbons (Fsp3) is 0.238. The molecule has 27 heavy (non-hydrogen) atoms. The molecule has 0 saturated carbocycles. The van der Waals surface area contributed by atoms with Gasteiger partial charge in [-0.1, -0.05) is 18.2 Å². The minimum atomic E-state index is -0.112. The third-order valence-corrected chi connectivity index (χ3v) is 4.66. The Balaban J connectivity index is 1.69. The molecular formula is C21H21N3O3. The van der Waals surface area contributed by atoms with Crippen LogP contribution in [0, 0.1) is 6.92 Å². The molecule has 4 rings (SSSR count). The van der Waals surface area contributed by atoms with E-state index in [9.17, 15) is 4.79 Å². The maximum atomic E-state index is 13.2. The van der Waals surface area contributed by atoms with E-state index in [4.69, 9.17) is 9.47 Å². The second-order valence-electron chi connectivity index (χ2n) is 6.64. The lowest BCUT2D eigenvalue weighted by molar-refractivity contribution is 0.0961. The Morgan fingerprint density at radius 1 is 1.22 bits per heavy atom. The molecule has 0 saturated heterocycles. The Morgan fingerprint density at radius 2 is 2.04 bits per heavy atom. The summed E-state index contributed by atoms with van der Waals surface area (Å²) in [4.78, 5) is 14.9. The summed E-state index contributed by atoms with van der Waals surface area (Å²) in [7, 11) is 1.60. The summed E-state index contributed by atoms with van der Waals surface area (Å²) in [6.45, 7) is 4.43. The van der Waals surface area contributed by atoms with Crippen LogP contribution in [0.5, 0.6) is 11.5 Å². The van der Waals surface area contributed by atoms with Gasteiger partial charge in [0.25, 0.3) is 5.91 Å². The fourth-order valence-corrected chi connectivity index (χ4v) is 3.28. The summed E-state index contributed by atoms with van der Waals surface area (Å²) in [5, 5.41) is 4.39. The number of aryl methyl sites for hydroxylation is 1. The minimum absolute atomic E-state index is 0.0961. The molecule has 2 heterocycles. The number of nitrogens with zero attached hydrogens (tertiary/aromatic N) is 3. The summed E-state index contributed by atoms with van der Waals surface area (Å²) in [6.07, 6.45) is 3.28. The van der Waals surface area contributed by atoms with Crippen LogP contribution >= 0.6 is 0 Å². The van der Waals surface area contributed by atoms with Gasteiger partial charge >= 0.3 is 0 Å². The molecule has 1 amide bonds. The summed E-state index contributed by atoms with van der Waals surface area (Å²) in [5.41, 5.74) is 3.28. The van der Waals surface area contributed by atoms with Crippen LogP contribution in [0.15, 0.2) is 54.9 Å². The molecule has 0 bridgehead atoms. The van der Waals surface area contributed by atoms with Gasteiger partial charge in [-0.05, 0) is 37.6 Å². The van der Waals surface area contributed by atoms with E-state index >= 15 is 0 Å². The monoisotopic (exact) mass is 363 g/mol. The number of rotatable bonds is 3. The first-order chi connectivity index (χ1) is 13.1. The summed E-state index contributed by atoms with van der Waals surface area (Å²) < 4.78 is 12.9. The van der Waals surface area contributed by atoms with Gasteiger partial charge in [-0.3, -0.25) is 4.79 Å². The van der Waals surface area contributed by atoms with E-state index in [1.54, 1.807) is 29.1 Å². The second kappa shape index (κ2) is 6.79. The first-order valence-electron chi connectivity index (χ1n) is 8.84. The van der Waals surface area contributed by atoms with E-state index in [1.165, 1.54) is 0 Å². The highest BCUT2D eigenvalue weighted by molar-refractivity contribution is 6.07. The van der Waals surface area contributed by atoms with Crippen LogP contribution < -0.4 is 14.4 Å². The van der Waals surface area contributed by atoms with Crippen molar-refractivity contribution in [3.8, 4) is 17.2 Å². The van der Waals surface area contributed by atoms with Crippen LogP contribution in [-0.4, -0.2) is 35.4 Å². The van der Waals surface area contributed by atoms with Gasteiger partial charge in [0, 0.05) is 12.3 Å². The Hall–Kier alpha value is -3.28. The number of carbonyl (C=O) groups excluding carboxylic acids is 1. The molecule has 1 atom stereocenters. The summed E-state index contributed by atoms with van der Waals surface area (Å²) >= 11 is 0. The molecule has 0 spiro atoms. The fourth-order valence-electron chi connectivity index (χ4n) is 3.28. The minimum Gasteiger partial charge on any atom is -0.497 e. The van der Waals surface area contributed by atoms with Gasteiger partial charge in [0.1, 0.15) is 17.6 Å². The highest BCUT2D eigenvalue weighted by atomic mass is 16.5. The van der Waals surface area contributed by atoms with E-state index in [-0.39, 0.29) is 12.0 Å². The van der Waals surface area contributed by atoms with Gasteiger partial charge in [-0.25, -0.2) is 4.68 Å². The van der Waals surface area contributed by atoms with E-state index < -0.39 is 0 Å². The molecule has 3 aromatic rings. The zero-order chi connectivity index (χ0) is 19.0. The van der Waals surface area contributed by atoms with Crippen LogP contribution in [0.2, 0.25) is 0 Å². The van der Waals surface area contributed by atoms with Gasteiger partial charge in [-0.2, -0.15) is 5.10 Å². The van der Waals surface area contributed by atoms with Crippen molar-refractivity contribution in [1.29, 1.82) is 0 Å². The van der Waals surface area contributed by atoms with Crippen molar-refractivity contribution in [2.45, 2.75) is 20.0 Å². The van der Waals surface area contributed by atoms with Crippen molar-refractivity contribution in [2.24, 2.45) is 0 Å². The van der Waals surface area contributed by atoms with Gasteiger partial charge in [0.15, 0.2) is 0 Å². The van der Waals surface area contributed by atoms with Gasteiger partial charge in [0.2, 0.25) is 0 Å². The van der Waals surface area contributed by atoms with Crippen molar-refractivity contribution in [2.75, 3.05) is 18.6 Å². The second-order valence-corrected chi connectivity index (χ2v) is 6.64. The van der Waals surface area contributed by atoms with Gasteiger partial charge in [0.05, 0.1) is 36.8 Å². The van der Waals surface area contributed by atoms with Crippen LogP contribution in [0.3, 0.4) is 0 Å². The standard InChI is InChI=1S/C21H21N3O3/c1-14-6-4-5-7-18(14)24-13-16(11-22-24)21(25)23-12-15(2)27-20-9-8-17(26-3)10-19(20)23/h4-11,13,15H,12H2,1-3H3/t15-/m0/s1. The van der Waals surface area contributed by atoms with Crippen molar-refractivity contribution in [3.05, 3.63) is 66.0 Å². The lowest BCUT2D eigenvalue weighted by Crippen LogP contribution is -2.42. The first kappa shape index (κ1) is 17.1. The first-order valence-corrected chi connectivity index (χ1v) is 8.84. The maximum absolute atomic E-state index is 13.2. The molecular weight excluding hydrogens is 342 g/mol. The van der Waals surface area contributed by atoms with Crippen LogP contribution in [0.1, 0.15) is 22.8 Å². The van der Waals surface area contributed by atoms with Crippen LogP contribution in [0.25, 0.3) is 5.69 Å². The number of carbonyl (C=O) groups is 1. The molecule has 1 aliphatic heterocycles. The molecule has 0 radical (unpaired) electrons. The van der Waals surface area contributed by atoms with Crippen molar-refractivity contribution in [3.63, 3.8) is 0 Å². The number of anilines is 1. The molecule has 1 aromatic heterocycles. The largest absolute Gasteiger partial charge is 0.497 e. The molecule has 6 heteroatoms. The average Bonchev–Trinajstić information content (AvgIpc) is 3.16. The van der Waals surface area contributed by atoms with Crippen LogP contribution in [-0.2, 0) is 0 Å². The zero-order valence-corrected chi connectivity index (χ0v) is 15.5. The van der Waals surface area contributed by atoms with Crippen molar-refractivity contribution in [1.82, 2.24) is 9.78 Å². The Labute approximate surface area is 157 Å². The lowest BCUT2D eigenvalue weighted by Gasteiger charge is -2.33. The predicted octanol–water partition coefficient (Wildman–Crippen LogP) is 3.62. The number of benzene rings is 2. The molecule has 2 aromatic carbocycles. The normalized spacial score (nSPS) is 15.8. The summed E-state index contributed by atoms with van der Waals surface area (Å²) in [6, 6.07) is 13.4. The molecule has 0 N–H and O–H groups in total. The Morgan fingerprint density at radius 3 is 2.81 bits per heavy atom. The van der Waals surface area contributed by atoms with Crippen molar-refractivity contribution < 1.29 is 14.3 Å². The van der Waals surface area contributed by atoms with Gasteiger partial charge in [-0.15, -0.1) is 0 Å². The van der Waals surface area contributed by atoms with Gasteiger partial charge < -0.3 is 14.4 Å². The molecule has 0 fully saturated rings. The Kier molecular flexibility index (Phi) is 4.32. The number of ether oxygens (including phenoxy) is 2. The third-order valence-electron chi connectivity index (χ3n) is 4.66. The van der Waals surface area contributed by atoms with E-state index in [2.05, 4.69) is 5.10 Å². The number of amides is 1. The SMILES string of the molecule is COc1ccc2c(c1)N(C(=O)c1cnn(-c3ccccc3C)c1)C[C@H](C)O2. The number of hydrogen-bond donors (Lipinski definition) is 0. The Bertz CT molecular complexity index is 996. The molecule has 138 valence electrons. The smallest absolute Gasteiger partial charge is 0.261 e.